The van der Waals surface area contributed by atoms with E-state index in [4.69, 9.17) is 19.4 Å². The maximum absolute atomic E-state index is 14.3. The van der Waals surface area contributed by atoms with Crippen LogP contribution >= 0.6 is 0 Å². The zero-order valence-corrected chi connectivity index (χ0v) is 18.2. The van der Waals surface area contributed by atoms with Crippen LogP contribution in [0.1, 0.15) is 28.8 Å². The van der Waals surface area contributed by atoms with Gasteiger partial charge in [-0.1, -0.05) is 12.1 Å². The summed E-state index contributed by atoms with van der Waals surface area (Å²) in [4.78, 5) is 23.6. The SMILES string of the molecule is COC(=O)Cc1ccc2c(c1)CCN2c1nc(-c2ccc(OC)c(F)c2)nc2c1CCC2. The number of nitrogens with zero attached hydrogens (tertiary/aromatic N) is 3. The Bertz CT molecular complexity index is 1210. The fourth-order valence-corrected chi connectivity index (χ4v) is 4.59. The van der Waals surface area contributed by atoms with Crippen LogP contribution in [-0.2, 0) is 35.2 Å². The molecule has 1 aromatic heterocycles. The van der Waals surface area contributed by atoms with E-state index in [9.17, 15) is 9.18 Å². The molecule has 5 rings (SSSR count). The number of halogens is 1. The Balaban J connectivity index is 1.54. The van der Waals surface area contributed by atoms with Crippen LogP contribution in [0.25, 0.3) is 11.4 Å². The van der Waals surface area contributed by atoms with Crippen LogP contribution in [0.2, 0.25) is 0 Å². The van der Waals surface area contributed by atoms with Crippen LogP contribution in [0, 0.1) is 5.82 Å². The van der Waals surface area contributed by atoms with Crippen molar-refractivity contribution < 1.29 is 18.7 Å². The molecule has 0 fully saturated rings. The van der Waals surface area contributed by atoms with Gasteiger partial charge < -0.3 is 14.4 Å². The predicted octanol–water partition coefficient (Wildman–Crippen LogP) is 4.19. The maximum Gasteiger partial charge on any atom is 0.309 e. The van der Waals surface area contributed by atoms with Crippen molar-refractivity contribution in [2.45, 2.75) is 32.1 Å². The molecule has 0 atom stereocenters. The third-order valence-corrected chi connectivity index (χ3v) is 6.19. The van der Waals surface area contributed by atoms with Gasteiger partial charge in [0.25, 0.3) is 0 Å². The molecule has 7 heteroatoms. The first-order chi connectivity index (χ1) is 15.6. The van der Waals surface area contributed by atoms with Gasteiger partial charge in [0, 0.05) is 29.1 Å². The number of methoxy groups -OCH3 is 2. The van der Waals surface area contributed by atoms with Crippen LogP contribution in [0.5, 0.6) is 5.75 Å². The quantitative estimate of drug-likeness (QED) is 0.562. The molecule has 2 aliphatic rings. The highest BCUT2D eigenvalue weighted by atomic mass is 19.1. The molecule has 0 saturated heterocycles. The van der Waals surface area contributed by atoms with Gasteiger partial charge in [-0.3, -0.25) is 4.79 Å². The fraction of sp³-hybridized carbons (Fsp3) is 0.320. The molecular weight excluding hydrogens is 409 g/mol. The summed E-state index contributed by atoms with van der Waals surface area (Å²) >= 11 is 0. The molecular formula is C25H24FN3O3. The lowest BCUT2D eigenvalue weighted by Crippen LogP contribution is -2.18. The van der Waals surface area contributed by atoms with Crippen molar-refractivity contribution in [1.29, 1.82) is 0 Å². The molecule has 2 heterocycles. The molecule has 6 nitrogen and oxygen atoms in total. The number of ether oxygens (including phenoxy) is 2. The topological polar surface area (TPSA) is 64.5 Å². The average molecular weight is 433 g/mol. The normalized spacial score (nSPS) is 14.3. The molecule has 0 radical (unpaired) electrons. The second-order valence-corrected chi connectivity index (χ2v) is 8.12. The third-order valence-electron chi connectivity index (χ3n) is 6.19. The van der Waals surface area contributed by atoms with Gasteiger partial charge in [0.2, 0.25) is 0 Å². The fourth-order valence-electron chi connectivity index (χ4n) is 4.59. The molecule has 0 amide bonds. The second kappa shape index (κ2) is 8.22. The van der Waals surface area contributed by atoms with E-state index in [0.29, 0.717) is 11.4 Å². The lowest BCUT2D eigenvalue weighted by Gasteiger charge is -2.22. The number of carbonyl (C=O) groups is 1. The van der Waals surface area contributed by atoms with Crippen molar-refractivity contribution in [3.63, 3.8) is 0 Å². The summed E-state index contributed by atoms with van der Waals surface area (Å²) in [7, 11) is 2.85. The Morgan fingerprint density at radius 3 is 2.75 bits per heavy atom. The van der Waals surface area contributed by atoms with Crippen molar-refractivity contribution in [2.24, 2.45) is 0 Å². The summed E-state index contributed by atoms with van der Waals surface area (Å²) in [6.45, 7) is 0.802. The standard InChI is InChI=1S/C25H24FN3O3/c1-31-22-9-7-17(14-19(22)26)24-27-20-5-3-4-18(20)25(28-24)29-11-10-16-12-15(6-8-21(16)29)13-23(30)32-2/h6-9,12,14H,3-5,10-11,13H2,1-2H3. The number of rotatable bonds is 5. The zero-order valence-electron chi connectivity index (χ0n) is 18.2. The average Bonchev–Trinajstić information content (AvgIpc) is 3.45. The highest BCUT2D eigenvalue weighted by Crippen LogP contribution is 2.40. The summed E-state index contributed by atoms with van der Waals surface area (Å²) in [6, 6.07) is 10.9. The minimum absolute atomic E-state index is 0.200. The lowest BCUT2D eigenvalue weighted by atomic mass is 10.1. The first-order valence-electron chi connectivity index (χ1n) is 10.8. The van der Waals surface area contributed by atoms with Crippen LogP contribution in [0.3, 0.4) is 0 Å². The summed E-state index contributed by atoms with van der Waals surface area (Å²) in [5.41, 5.74) is 6.07. The van der Waals surface area contributed by atoms with E-state index in [1.165, 1.54) is 31.4 Å². The summed E-state index contributed by atoms with van der Waals surface area (Å²) in [5, 5.41) is 0. The molecule has 1 aliphatic heterocycles. The van der Waals surface area contributed by atoms with Crippen molar-refractivity contribution in [2.75, 3.05) is 25.7 Å². The molecule has 2 aromatic carbocycles. The van der Waals surface area contributed by atoms with E-state index in [1.807, 2.05) is 6.07 Å². The minimum Gasteiger partial charge on any atom is -0.494 e. The summed E-state index contributed by atoms with van der Waals surface area (Å²) < 4.78 is 24.2. The largest absolute Gasteiger partial charge is 0.494 e. The summed E-state index contributed by atoms with van der Waals surface area (Å²) in [6.07, 6.45) is 4.01. The third kappa shape index (κ3) is 3.57. The lowest BCUT2D eigenvalue weighted by molar-refractivity contribution is -0.139. The monoisotopic (exact) mass is 433 g/mol. The van der Waals surface area contributed by atoms with Crippen molar-refractivity contribution >= 4 is 17.5 Å². The predicted molar refractivity (Wildman–Crippen MR) is 119 cm³/mol. The molecule has 164 valence electrons. The second-order valence-electron chi connectivity index (χ2n) is 8.12. The molecule has 0 unspecified atom stereocenters. The van der Waals surface area contributed by atoms with E-state index in [0.717, 1.165) is 55.0 Å². The minimum atomic E-state index is -0.430. The van der Waals surface area contributed by atoms with Crippen molar-refractivity contribution in [1.82, 2.24) is 9.97 Å². The molecule has 0 spiro atoms. The number of aryl methyl sites for hydroxylation is 1. The molecule has 0 saturated carbocycles. The van der Waals surface area contributed by atoms with E-state index >= 15 is 0 Å². The first kappa shape index (κ1) is 20.4. The van der Waals surface area contributed by atoms with Crippen LogP contribution in [-0.4, -0.2) is 36.7 Å². The number of carbonyl (C=O) groups excluding carboxylic acids is 1. The number of fused-ring (bicyclic) bond motifs is 2. The Kier molecular flexibility index (Phi) is 5.25. The van der Waals surface area contributed by atoms with Gasteiger partial charge in [-0.2, -0.15) is 0 Å². The van der Waals surface area contributed by atoms with E-state index in [2.05, 4.69) is 17.0 Å². The van der Waals surface area contributed by atoms with E-state index in [-0.39, 0.29) is 18.1 Å². The molecule has 1 aliphatic carbocycles. The van der Waals surface area contributed by atoms with Gasteiger partial charge in [-0.25, -0.2) is 14.4 Å². The smallest absolute Gasteiger partial charge is 0.309 e. The van der Waals surface area contributed by atoms with E-state index in [1.54, 1.807) is 12.1 Å². The number of anilines is 2. The van der Waals surface area contributed by atoms with Gasteiger partial charge >= 0.3 is 5.97 Å². The zero-order chi connectivity index (χ0) is 22.2. The Morgan fingerprint density at radius 2 is 1.97 bits per heavy atom. The highest BCUT2D eigenvalue weighted by molar-refractivity contribution is 5.75. The number of hydrogen-bond acceptors (Lipinski definition) is 6. The van der Waals surface area contributed by atoms with Gasteiger partial charge in [0.1, 0.15) is 5.82 Å². The van der Waals surface area contributed by atoms with Gasteiger partial charge in [0.05, 0.1) is 20.6 Å². The van der Waals surface area contributed by atoms with Crippen molar-refractivity contribution in [3.8, 4) is 17.1 Å². The Morgan fingerprint density at radius 1 is 1.09 bits per heavy atom. The highest BCUT2D eigenvalue weighted by Gasteiger charge is 2.28. The molecule has 3 aromatic rings. The van der Waals surface area contributed by atoms with Crippen LogP contribution in [0.15, 0.2) is 36.4 Å². The number of benzene rings is 2. The Labute approximate surface area is 186 Å². The van der Waals surface area contributed by atoms with Gasteiger partial charge in [0.15, 0.2) is 17.4 Å². The van der Waals surface area contributed by atoms with Crippen molar-refractivity contribution in [3.05, 3.63) is 64.6 Å². The van der Waals surface area contributed by atoms with Crippen LogP contribution < -0.4 is 9.64 Å². The van der Waals surface area contributed by atoms with Crippen LogP contribution in [0.4, 0.5) is 15.9 Å². The summed E-state index contributed by atoms with van der Waals surface area (Å²) in [5.74, 6) is 0.951. The molecule has 0 bridgehead atoms. The number of hydrogen-bond donors (Lipinski definition) is 0. The Hall–Kier alpha value is -3.48. The number of esters is 1. The van der Waals surface area contributed by atoms with E-state index < -0.39 is 5.82 Å². The molecule has 32 heavy (non-hydrogen) atoms. The van der Waals surface area contributed by atoms with Gasteiger partial charge in [-0.15, -0.1) is 0 Å². The number of aromatic nitrogens is 2. The first-order valence-corrected chi connectivity index (χ1v) is 10.8. The van der Waals surface area contributed by atoms with Gasteiger partial charge in [-0.05, 0) is 61.1 Å². The maximum atomic E-state index is 14.3. The molecule has 0 N–H and O–H groups in total.